The summed E-state index contributed by atoms with van der Waals surface area (Å²) in [6.45, 7) is 4.42. The lowest BCUT2D eigenvalue weighted by atomic mass is 9.98. The maximum atomic E-state index is 12.1. The molecule has 134 valence electrons. The van der Waals surface area contributed by atoms with E-state index in [1.807, 2.05) is 50.2 Å². The fourth-order valence-electron chi connectivity index (χ4n) is 2.57. The normalized spacial score (nSPS) is 12.0. The van der Waals surface area contributed by atoms with Gasteiger partial charge in [-0.3, -0.25) is 4.79 Å². The van der Waals surface area contributed by atoms with Crippen LogP contribution < -0.4 is 9.47 Å². The first kappa shape index (κ1) is 19.0. The molecule has 2 rings (SSSR count). The van der Waals surface area contributed by atoms with Gasteiger partial charge in [-0.15, -0.1) is 0 Å². The molecule has 0 saturated carbocycles. The highest BCUT2D eigenvalue weighted by Gasteiger charge is 2.17. The number of carbonyl (C=O) groups is 1. The van der Waals surface area contributed by atoms with Crippen LogP contribution in [0.2, 0.25) is 0 Å². The van der Waals surface area contributed by atoms with E-state index in [1.54, 1.807) is 19.2 Å². The summed E-state index contributed by atoms with van der Waals surface area (Å²) in [5.41, 5.74) is 1.87. The molecule has 0 aliphatic rings. The van der Waals surface area contributed by atoms with Crippen LogP contribution in [0, 0.1) is 5.92 Å². The van der Waals surface area contributed by atoms with Gasteiger partial charge in [-0.05, 0) is 35.6 Å². The SMILES string of the molecule is COc1cc(CC(=O)C(O)CC(C)C)ccc1OCc1ccccc1. The van der Waals surface area contributed by atoms with Gasteiger partial charge in [-0.25, -0.2) is 0 Å². The molecule has 0 spiro atoms. The summed E-state index contributed by atoms with van der Waals surface area (Å²) < 4.78 is 11.2. The number of carbonyl (C=O) groups excluding carboxylic acids is 1. The summed E-state index contributed by atoms with van der Waals surface area (Å²) in [6.07, 6.45) is -0.253. The lowest BCUT2D eigenvalue weighted by Gasteiger charge is -2.14. The highest BCUT2D eigenvalue weighted by atomic mass is 16.5. The number of aliphatic hydroxyl groups is 1. The Morgan fingerprint density at radius 2 is 1.76 bits per heavy atom. The maximum Gasteiger partial charge on any atom is 0.165 e. The Balaban J connectivity index is 2.02. The van der Waals surface area contributed by atoms with Crippen molar-refractivity contribution in [2.75, 3.05) is 7.11 Å². The van der Waals surface area contributed by atoms with Crippen LogP contribution in [0.15, 0.2) is 48.5 Å². The van der Waals surface area contributed by atoms with Gasteiger partial charge in [-0.1, -0.05) is 50.2 Å². The van der Waals surface area contributed by atoms with E-state index in [2.05, 4.69) is 0 Å². The van der Waals surface area contributed by atoms with Gasteiger partial charge < -0.3 is 14.6 Å². The zero-order valence-corrected chi connectivity index (χ0v) is 15.1. The highest BCUT2D eigenvalue weighted by molar-refractivity contribution is 5.85. The molecule has 0 amide bonds. The Bertz CT molecular complexity index is 680. The number of Topliss-reactive ketones (excluding diaryl/α,β-unsaturated/α-hetero) is 1. The molecular weight excluding hydrogens is 316 g/mol. The van der Waals surface area contributed by atoms with Crippen molar-refractivity contribution in [1.29, 1.82) is 0 Å². The van der Waals surface area contributed by atoms with Gasteiger partial charge in [0.2, 0.25) is 0 Å². The summed E-state index contributed by atoms with van der Waals surface area (Å²) in [4.78, 5) is 12.1. The van der Waals surface area contributed by atoms with Crippen molar-refractivity contribution in [3.63, 3.8) is 0 Å². The fraction of sp³-hybridized carbons (Fsp3) is 0.381. The predicted octanol–water partition coefficient (Wildman–Crippen LogP) is 3.79. The van der Waals surface area contributed by atoms with Crippen LogP contribution >= 0.6 is 0 Å². The van der Waals surface area contributed by atoms with E-state index < -0.39 is 6.10 Å². The first-order valence-electron chi connectivity index (χ1n) is 8.54. The molecule has 4 nitrogen and oxygen atoms in total. The quantitative estimate of drug-likeness (QED) is 0.753. The Hall–Kier alpha value is -2.33. The Labute approximate surface area is 149 Å². The summed E-state index contributed by atoms with van der Waals surface area (Å²) in [5.74, 6) is 1.32. The third-order valence-electron chi connectivity index (χ3n) is 3.91. The van der Waals surface area contributed by atoms with Crippen LogP contribution in [0.1, 0.15) is 31.4 Å². The van der Waals surface area contributed by atoms with Crippen LogP contribution in [-0.4, -0.2) is 24.1 Å². The molecule has 1 unspecified atom stereocenters. The van der Waals surface area contributed by atoms with Gasteiger partial charge in [0.15, 0.2) is 17.3 Å². The molecule has 0 bridgehead atoms. The molecule has 1 atom stereocenters. The topological polar surface area (TPSA) is 55.8 Å². The van der Waals surface area contributed by atoms with Gasteiger partial charge in [0.1, 0.15) is 12.7 Å². The van der Waals surface area contributed by atoms with E-state index in [-0.39, 0.29) is 18.1 Å². The van der Waals surface area contributed by atoms with Crippen molar-refractivity contribution in [2.45, 2.75) is 39.4 Å². The van der Waals surface area contributed by atoms with E-state index in [9.17, 15) is 9.90 Å². The first-order chi connectivity index (χ1) is 12.0. The number of hydrogen-bond donors (Lipinski definition) is 1. The largest absolute Gasteiger partial charge is 0.493 e. The van der Waals surface area contributed by atoms with Gasteiger partial charge in [-0.2, -0.15) is 0 Å². The van der Waals surface area contributed by atoms with Crippen LogP contribution in [0.5, 0.6) is 11.5 Å². The highest BCUT2D eigenvalue weighted by Crippen LogP contribution is 2.29. The third-order valence-corrected chi connectivity index (χ3v) is 3.91. The molecule has 0 aromatic heterocycles. The molecule has 0 aliphatic heterocycles. The Kier molecular flexibility index (Phi) is 7.02. The van der Waals surface area contributed by atoms with Crippen molar-refractivity contribution in [3.8, 4) is 11.5 Å². The summed E-state index contributed by atoms with van der Waals surface area (Å²) in [6, 6.07) is 15.3. The third kappa shape index (κ3) is 5.91. The minimum absolute atomic E-state index is 0.172. The molecular formula is C21H26O4. The monoisotopic (exact) mass is 342 g/mol. The minimum atomic E-state index is -0.917. The lowest BCUT2D eigenvalue weighted by molar-refractivity contribution is -0.127. The van der Waals surface area contributed by atoms with E-state index >= 15 is 0 Å². The minimum Gasteiger partial charge on any atom is -0.493 e. The van der Waals surface area contributed by atoms with E-state index in [0.717, 1.165) is 11.1 Å². The Morgan fingerprint density at radius 1 is 1.04 bits per heavy atom. The summed E-state index contributed by atoms with van der Waals surface area (Å²) >= 11 is 0. The lowest BCUT2D eigenvalue weighted by Crippen LogP contribution is -2.24. The number of ketones is 1. The van der Waals surface area contributed by atoms with Gasteiger partial charge in [0.05, 0.1) is 7.11 Å². The predicted molar refractivity (Wildman–Crippen MR) is 97.9 cm³/mol. The molecule has 4 heteroatoms. The van der Waals surface area contributed by atoms with Gasteiger partial charge in [0.25, 0.3) is 0 Å². The molecule has 2 aromatic rings. The van der Waals surface area contributed by atoms with Crippen molar-refractivity contribution in [3.05, 3.63) is 59.7 Å². The van der Waals surface area contributed by atoms with E-state index in [4.69, 9.17) is 9.47 Å². The summed E-state index contributed by atoms with van der Waals surface area (Å²) in [5, 5.41) is 9.94. The molecule has 0 fully saturated rings. The molecule has 0 heterocycles. The van der Waals surface area contributed by atoms with Gasteiger partial charge in [0, 0.05) is 6.42 Å². The number of methoxy groups -OCH3 is 1. The first-order valence-corrected chi connectivity index (χ1v) is 8.54. The van der Waals surface area contributed by atoms with Crippen LogP contribution in [0.25, 0.3) is 0 Å². The van der Waals surface area contributed by atoms with Crippen LogP contribution in [0.4, 0.5) is 0 Å². The smallest absolute Gasteiger partial charge is 0.165 e. The van der Waals surface area contributed by atoms with Crippen molar-refractivity contribution >= 4 is 5.78 Å². The van der Waals surface area contributed by atoms with E-state index in [0.29, 0.717) is 24.5 Å². The Morgan fingerprint density at radius 3 is 2.40 bits per heavy atom. The molecule has 0 radical (unpaired) electrons. The molecule has 25 heavy (non-hydrogen) atoms. The number of ether oxygens (including phenoxy) is 2. The second-order valence-electron chi connectivity index (χ2n) is 6.55. The zero-order valence-electron chi connectivity index (χ0n) is 15.1. The van der Waals surface area contributed by atoms with Crippen molar-refractivity contribution in [2.24, 2.45) is 5.92 Å². The van der Waals surface area contributed by atoms with Gasteiger partial charge >= 0.3 is 0 Å². The number of rotatable bonds is 9. The second-order valence-corrected chi connectivity index (χ2v) is 6.55. The van der Waals surface area contributed by atoms with Crippen LogP contribution in [0.3, 0.4) is 0 Å². The van der Waals surface area contributed by atoms with Crippen molar-refractivity contribution in [1.82, 2.24) is 0 Å². The standard InChI is InChI=1S/C21H26O4/c1-15(2)11-18(22)19(23)12-17-9-10-20(21(13-17)24-3)25-14-16-7-5-4-6-8-16/h4-10,13,15,18,22H,11-12,14H2,1-3H3. The van der Waals surface area contributed by atoms with E-state index in [1.165, 1.54) is 0 Å². The zero-order chi connectivity index (χ0) is 18.2. The molecule has 0 saturated heterocycles. The van der Waals surface area contributed by atoms with Crippen LogP contribution in [-0.2, 0) is 17.8 Å². The molecule has 0 aliphatic carbocycles. The molecule has 2 aromatic carbocycles. The average molecular weight is 342 g/mol. The maximum absolute atomic E-state index is 12.1. The number of hydrogen-bond acceptors (Lipinski definition) is 4. The number of benzene rings is 2. The van der Waals surface area contributed by atoms with Crippen molar-refractivity contribution < 1.29 is 19.4 Å². The average Bonchev–Trinajstić information content (AvgIpc) is 2.60. The fourth-order valence-corrected chi connectivity index (χ4v) is 2.57. The molecule has 1 N–H and O–H groups in total. The summed E-state index contributed by atoms with van der Waals surface area (Å²) in [7, 11) is 1.57. The number of aliphatic hydroxyl groups excluding tert-OH is 1. The second kappa shape index (κ2) is 9.23.